The molecule has 0 radical (unpaired) electrons. The number of methoxy groups -OCH3 is 2. The predicted octanol–water partition coefficient (Wildman–Crippen LogP) is 1.34. The Morgan fingerprint density at radius 2 is 1.03 bits per heavy atom. The van der Waals surface area contributed by atoms with E-state index in [4.69, 9.17) is 12.2 Å². The molecule has 0 heterocycles. The highest BCUT2D eigenvalue weighted by molar-refractivity contribution is 7.80. The van der Waals surface area contributed by atoms with E-state index in [0.717, 1.165) is 26.6 Å². The van der Waals surface area contributed by atoms with Crippen LogP contribution in [0.15, 0.2) is 84.5 Å². The van der Waals surface area contributed by atoms with Gasteiger partial charge in [0, 0.05) is 23.5 Å². The molecule has 0 aromatic heterocycles. The zero-order chi connectivity index (χ0) is 24.9. The summed E-state index contributed by atoms with van der Waals surface area (Å²) in [5.41, 5.74) is 0.237. The van der Waals surface area contributed by atoms with Gasteiger partial charge in [0.05, 0.1) is 14.2 Å². The van der Waals surface area contributed by atoms with E-state index in [1.807, 2.05) is 0 Å². The minimum absolute atomic E-state index is 0.0641. The van der Waals surface area contributed by atoms with Crippen molar-refractivity contribution in [3.05, 3.63) is 95.6 Å². The molecular weight excluding hydrogens is 460 g/mol. The van der Waals surface area contributed by atoms with Crippen LogP contribution in [-0.2, 0) is 19.1 Å². The van der Waals surface area contributed by atoms with Crippen LogP contribution >= 0.6 is 12.2 Å². The van der Waals surface area contributed by atoms with Gasteiger partial charge in [0.1, 0.15) is 11.4 Å². The highest BCUT2D eigenvalue weighted by Crippen LogP contribution is 2.02. The van der Waals surface area contributed by atoms with Gasteiger partial charge in [-0.2, -0.15) is 0 Å². The molecule has 0 atom stereocenters. The molecule has 0 saturated carbocycles. The Morgan fingerprint density at radius 1 is 0.676 bits per heavy atom. The van der Waals surface area contributed by atoms with E-state index in [-0.39, 0.29) is 16.5 Å². The smallest absolute Gasteiger partial charge is 0.356 e. The standard InChI is InChI=1S/C23H22N4O6S/c1-32-21(30)17(26-19(28)15-9-5-3-6-10-15)13-24-23(34)25-14-18(22(31)33-2)27-20(29)16-11-7-4-8-12-16/h3-14H,1-2H3,(H,26,28)(H,27,29)(H2,24,25,34)/b17-13-,18-14-. The average Bonchev–Trinajstić information content (AvgIpc) is 2.88. The first-order chi connectivity index (χ1) is 16.3. The quantitative estimate of drug-likeness (QED) is 0.250. The van der Waals surface area contributed by atoms with Gasteiger partial charge < -0.3 is 30.7 Å². The summed E-state index contributed by atoms with van der Waals surface area (Å²) in [6.45, 7) is 0. The molecule has 2 rings (SSSR count). The molecule has 10 nitrogen and oxygen atoms in total. The zero-order valence-corrected chi connectivity index (χ0v) is 19.1. The Morgan fingerprint density at radius 3 is 1.35 bits per heavy atom. The van der Waals surface area contributed by atoms with E-state index < -0.39 is 23.8 Å². The lowest BCUT2D eigenvalue weighted by molar-refractivity contribution is -0.137. The van der Waals surface area contributed by atoms with E-state index >= 15 is 0 Å². The second kappa shape index (κ2) is 13.1. The molecule has 0 aliphatic carbocycles. The Hall–Kier alpha value is -4.51. The van der Waals surface area contributed by atoms with Gasteiger partial charge in [0.25, 0.3) is 11.8 Å². The highest BCUT2D eigenvalue weighted by atomic mass is 32.1. The fourth-order valence-electron chi connectivity index (χ4n) is 2.40. The number of ether oxygens (including phenoxy) is 2. The number of rotatable bonds is 8. The largest absolute Gasteiger partial charge is 0.464 e. The summed E-state index contributed by atoms with van der Waals surface area (Å²) in [5, 5.41) is 9.96. The molecule has 4 N–H and O–H groups in total. The number of hydrogen-bond donors (Lipinski definition) is 4. The molecule has 0 spiro atoms. The Bertz CT molecular complexity index is 1030. The summed E-state index contributed by atoms with van der Waals surface area (Å²) in [4.78, 5) is 48.7. The van der Waals surface area contributed by atoms with Crippen molar-refractivity contribution in [2.45, 2.75) is 0 Å². The van der Waals surface area contributed by atoms with Crippen LogP contribution in [0.1, 0.15) is 20.7 Å². The van der Waals surface area contributed by atoms with Gasteiger partial charge in [-0.05, 0) is 36.5 Å². The van der Waals surface area contributed by atoms with Crippen LogP contribution in [-0.4, -0.2) is 43.1 Å². The van der Waals surface area contributed by atoms with Crippen molar-refractivity contribution in [1.82, 2.24) is 21.3 Å². The molecule has 0 fully saturated rings. The number of esters is 2. The van der Waals surface area contributed by atoms with Crippen molar-refractivity contribution in [1.29, 1.82) is 0 Å². The maximum atomic E-state index is 12.3. The third-order valence-electron chi connectivity index (χ3n) is 4.07. The molecular formula is C23H22N4O6S. The van der Waals surface area contributed by atoms with Gasteiger partial charge in [-0.1, -0.05) is 36.4 Å². The van der Waals surface area contributed by atoms with Crippen molar-refractivity contribution in [2.75, 3.05) is 14.2 Å². The monoisotopic (exact) mass is 482 g/mol. The Labute approximate surface area is 201 Å². The fourth-order valence-corrected chi connectivity index (χ4v) is 2.51. The van der Waals surface area contributed by atoms with E-state index in [1.54, 1.807) is 60.7 Å². The first kappa shape index (κ1) is 25.7. The number of carbonyl (C=O) groups excluding carboxylic acids is 4. The summed E-state index contributed by atoms with van der Waals surface area (Å²) < 4.78 is 9.33. The zero-order valence-electron chi connectivity index (χ0n) is 18.3. The second-order valence-corrected chi connectivity index (χ2v) is 6.77. The Kier molecular flexibility index (Phi) is 9.95. The van der Waals surface area contributed by atoms with Gasteiger partial charge in [-0.3, -0.25) is 9.59 Å². The van der Waals surface area contributed by atoms with Gasteiger partial charge in [0.2, 0.25) is 0 Å². The van der Waals surface area contributed by atoms with Gasteiger partial charge in [-0.25, -0.2) is 9.59 Å². The van der Waals surface area contributed by atoms with E-state index in [0.29, 0.717) is 11.1 Å². The van der Waals surface area contributed by atoms with Gasteiger partial charge in [0.15, 0.2) is 5.11 Å². The minimum Gasteiger partial charge on any atom is -0.464 e. The lowest BCUT2D eigenvalue weighted by atomic mass is 10.2. The summed E-state index contributed by atoms with van der Waals surface area (Å²) in [7, 11) is 2.31. The highest BCUT2D eigenvalue weighted by Gasteiger charge is 2.16. The molecule has 2 amide bonds. The first-order valence-electron chi connectivity index (χ1n) is 9.72. The van der Waals surface area contributed by atoms with Crippen molar-refractivity contribution in [3.63, 3.8) is 0 Å². The Balaban J connectivity index is 2.07. The molecule has 34 heavy (non-hydrogen) atoms. The molecule has 0 aliphatic rings. The summed E-state index contributed by atoms with van der Waals surface area (Å²) >= 11 is 5.11. The fraction of sp³-hybridized carbons (Fsp3) is 0.0870. The maximum absolute atomic E-state index is 12.3. The number of thiocarbonyl (C=S) groups is 1. The number of nitrogens with one attached hydrogen (secondary N) is 4. The molecule has 0 unspecified atom stereocenters. The van der Waals surface area contributed by atoms with Crippen LogP contribution in [0.25, 0.3) is 0 Å². The summed E-state index contributed by atoms with van der Waals surface area (Å²) in [6, 6.07) is 16.5. The van der Waals surface area contributed by atoms with Crippen LogP contribution in [0.3, 0.4) is 0 Å². The second-order valence-electron chi connectivity index (χ2n) is 6.36. The van der Waals surface area contributed by atoms with Crippen LogP contribution in [0.2, 0.25) is 0 Å². The summed E-state index contributed by atoms with van der Waals surface area (Å²) in [6.07, 6.45) is 2.24. The third-order valence-corrected chi connectivity index (χ3v) is 4.31. The molecule has 0 saturated heterocycles. The molecule has 2 aromatic rings. The first-order valence-corrected chi connectivity index (χ1v) is 10.1. The van der Waals surface area contributed by atoms with Crippen LogP contribution < -0.4 is 21.3 Å². The topological polar surface area (TPSA) is 135 Å². The van der Waals surface area contributed by atoms with Gasteiger partial charge >= 0.3 is 11.9 Å². The molecule has 2 aromatic carbocycles. The SMILES string of the molecule is COC(=O)/C(=C/NC(=S)N/C=C(\NC(=O)c1ccccc1)C(=O)OC)NC(=O)c1ccccc1. The normalized spacial score (nSPS) is 11.0. The molecule has 11 heteroatoms. The van der Waals surface area contributed by atoms with E-state index in [9.17, 15) is 19.2 Å². The van der Waals surface area contributed by atoms with Gasteiger partial charge in [-0.15, -0.1) is 0 Å². The lowest BCUT2D eigenvalue weighted by Crippen LogP contribution is -2.35. The number of carbonyl (C=O) groups is 4. The van der Waals surface area contributed by atoms with Crippen molar-refractivity contribution >= 4 is 41.1 Å². The number of hydrogen-bond acceptors (Lipinski definition) is 7. The van der Waals surface area contributed by atoms with Crippen molar-refractivity contribution in [2.24, 2.45) is 0 Å². The molecule has 0 bridgehead atoms. The lowest BCUT2D eigenvalue weighted by Gasteiger charge is -2.11. The van der Waals surface area contributed by atoms with Crippen molar-refractivity contribution in [3.8, 4) is 0 Å². The maximum Gasteiger partial charge on any atom is 0.356 e. The number of benzene rings is 2. The van der Waals surface area contributed by atoms with Crippen molar-refractivity contribution < 1.29 is 28.7 Å². The van der Waals surface area contributed by atoms with Crippen LogP contribution in [0.4, 0.5) is 0 Å². The van der Waals surface area contributed by atoms with Crippen LogP contribution in [0, 0.1) is 0 Å². The summed E-state index contributed by atoms with van der Waals surface area (Å²) in [5.74, 6) is -2.70. The third kappa shape index (κ3) is 7.88. The van der Waals surface area contributed by atoms with E-state index in [1.165, 1.54) is 0 Å². The number of amides is 2. The predicted molar refractivity (Wildman–Crippen MR) is 127 cm³/mol. The molecule has 0 aliphatic heterocycles. The van der Waals surface area contributed by atoms with E-state index in [2.05, 4.69) is 30.7 Å². The minimum atomic E-state index is -0.819. The average molecular weight is 483 g/mol. The van der Waals surface area contributed by atoms with Crippen LogP contribution in [0.5, 0.6) is 0 Å². The molecule has 176 valence electrons.